The van der Waals surface area contributed by atoms with Crippen LogP contribution in [0, 0.1) is 5.92 Å². The van der Waals surface area contributed by atoms with Gasteiger partial charge in [-0.1, -0.05) is 23.8 Å². The average molecular weight is 595 g/mol. The summed E-state index contributed by atoms with van der Waals surface area (Å²) in [5, 5.41) is 3.02. The topological polar surface area (TPSA) is 85.9 Å². The summed E-state index contributed by atoms with van der Waals surface area (Å²) in [5.41, 5.74) is 1.07. The molecule has 0 radical (unpaired) electrons. The standard InChI is InChI=1S/C28H26ClF3N2O5S/c1-37-24-11-15(12-25(38-2)27(24)39-3)26-19-6-4-5-18(19)20-14-17(8-10-23(20)33-26)40(35,36)34-16-7-9-22(29)21(13-16)28(30,31)32/h4-5,7-14,18-19,26,33-34H,6H2,1-3H3/t18-,19+,26+/m0/s1. The molecule has 40 heavy (non-hydrogen) atoms. The van der Waals surface area contributed by atoms with Crippen LogP contribution in [-0.4, -0.2) is 29.7 Å². The lowest BCUT2D eigenvalue weighted by Gasteiger charge is -2.38. The number of halogens is 4. The third-order valence-electron chi connectivity index (χ3n) is 7.21. The van der Waals surface area contributed by atoms with E-state index in [9.17, 15) is 21.6 Å². The molecule has 0 fully saturated rings. The normalized spacial score (nSPS) is 19.8. The second-order valence-electron chi connectivity index (χ2n) is 9.48. The highest BCUT2D eigenvalue weighted by atomic mass is 35.5. The van der Waals surface area contributed by atoms with Crippen molar-refractivity contribution in [1.29, 1.82) is 0 Å². The quantitative estimate of drug-likeness (QED) is 0.286. The van der Waals surface area contributed by atoms with E-state index in [2.05, 4.69) is 16.1 Å². The Kier molecular flexibility index (Phi) is 7.30. The van der Waals surface area contributed by atoms with Gasteiger partial charge < -0.3 is 19.5 Å². The highest BCUT2D eigenvalue weighted by molar-refractivity contribution is 7.92. The molecule has 3 atom stereocenters. The molecule has 12 heteroatoms. The molecule has 1 aliphatic carbocycles. The first-order valence-electron chi connectivity index (χ1n) is 12.2. The monoisotopic (exact) mass is 594 g/mol. The number of allylic oxidation sites excluding steroid dienone is 2. The zero-order chi connectivity index (χ0) is 28.8. The van der Waals surface area contributed by atoms with Gasteiger partial charge in [0, 0.05) is 17.3 Å². The van der Waals surface area contributed by atoms with E-state index in [1.807, 2.05) is 18.2 Å². The van der Waals surface area contributed by atoms with Gasteiger partial charge in [0.05, 0.1) is 42.9 Å². The van der Waals surface area contributed by atoms with E-state index in [0.717, 1.165) is 29.3 Å². The SMILES string of the molecule is COc1cc([C@H]2Nc3ccc(S(=O)(=O)Nc4ccc(Cl)c(C(F)(F)F)c4)cc3[C@H]3C=CC[C@H]32)cc(OC)c1OC. The van der Waals surface area contributed by atoms with Crippen LogP contribution >= 0.6 is 11.6 Å². The van der Waals surface area contributed by atoms with Crippen molar-refractivity contribution in [3.63, 3.8) is 0 Å². The van der Waals surface area contributed by atoms with E-state index in [1.165, 1.54) is 19.2 Å². The third kappa shape index (κ3) is 5.03. The number of benzene rings is 3. The van der Waals surface area contributed by atoms with Crippen molar-refractivity contribution in [2.24, 2.45) is 5.92 Å². The maximum absolute atomic E-state index is 13.3. The Labute approximate surface area is 234 Å². The number of ether oxygens (including phenoxy) is 3. The number of hydrogen-bond acceptors (Lipinski definition) is 6. The van der Waals surface area contributed by atoms with E-state index >= 15 is 0 Å². The first kappa shape index (κ1) is 28.0. The molecule has 3 aromatic rings. The van der Waals surface area contributed by atoms with Gasteiger partial charge in [-0.15, -0.1) is 0 Å². The van der Waals surface area contributed by atoms with E-state index in [1.54, 1.807) is 26.4 Å². The Bertz CT molecular complexity index is 1570. The molecule has 0 spiro atoms. The van der Waals surface area contributed by atoms with Gasteiger partial charge in [0.2, 0.25) is 5.75 Å². The second-order valence-corrected chi connectivity index (χ2v) is 11.6. The van der Waals surface area contributed by atoms with Crippen molar-refractivity contribution in [2.45, 2.75) is 29.5 Å². The molecule has 2 N–H and O–H groups in total. The van der Waals surface area contributed by atoms with Gasteiger partial charge in [0.25, 0.3) is 10.0 Å². The van der Waals surface area contributed by atoms with Crippen molar-refractivity contribution in [1.82, 2.24) is 0 Å². The number of anilines is 2. The molecule has 0 amide bonds. The van der Waals surface area contributed by atoms with Gasteiger partial charge in [-0.3, -0.25) is 4.72 Å². The smallest absolute Gasteiger partial charge is 0.417 e. The zero-order valence-electron chi connectivity index (χ0n) is 21.7. The minimum Gasteiger partial charge on any atom is -0.493 e. The minimum absolute atomic E-state index is 0.0619. The summed E-state index contributed by atoms with van der Waals surface area (Å²) in [5.74, 6) is 1.50. The molecule has 0 saturated heterocycles. The summed E-state index contributed by atoms with van der Waals surface area (Å²) in [4.78, 5) is -0.0677. The molecule has 0 bridgehead atoms. The largest absolute Gasteiger partial charge is 0.493 e. The average Bonchev–Trinajstić information content (AvgIpc) is 3.42. The number of alkyl halides is 3. The molecular formula is C28H26ClF3N2O5S. The fourth-order valence-corrected chi connectivity index (χ4v) is 6.68. The molecule has 1 heterocycles. The Morgan fingerprint density at radius 3 is 2.30 bits per heavy atom. The van der Waals surface area contributed by atoms with Crippen molar-refractivity contribution in [3.8, 4) is 17.2 Å². The van der Waals surface area contributed by atoms with Gasteiger partial charge in [0.15, 0.2) is 11.5 Å². The predicted octanol–water partition coefficient (Wildman–Crippen LogP) is 7.01. The number of fused-ring (bicyclic) bond motifs is 3. The molecule has 7 nitrogen and oxygen atoms in total. The van der Waals surface area contributed by atoms with Crippen LogP contribution in [-0.2, 0) is 16.2 Å². The van der Waals surface area contributed by atoms with Crippen LogP contribution in [0.5, 0.6) is 17.2 Å². The Morgan fingerprint density at radius 1 is 0.975 bits per heavy atom. The fraction of sp³-hybridized carbons (Fsp3) is 0.286. The van der Waals surface area contributed by atoms with Gasteiger partial charge in [-0.25, -0.2) is 8.42 Å². The van der Waals surface area contributed by atoms with Crippen molar-refractivity contribution in [3.05, 3.63) is 82.4 Å². The number of sulfonamides is 1. The van der Waals surface area contributed by atoms with Crippen LogP contribution < -0.4 is 24.2 Å². The fourth-order valence-electron chi connectivity index (χ4n) is 5.37. The molecule has 212 valence electrons. The van der Waals surface area contributed by atoms with E-state index in [0.29, 0.717) is 23.3 Å². The number of hydrogen-bond donors (Lipinski definition) is 2. The molecule has 0 aromatic heterocycles. The number of rotatable bonds is 7. The highest BCUT2D eigenvalue weighted by Crippen LogP contribution is 2.52. The van der Waals surface area contributed by atoms with Crippen LogP contribution in [0.2, 0.25) is 5.02 Å². The van der Waals surface area contributed by atoms with Crippen LogP contribution in [0.1, 0.15) is 35.1 Å². The summed E-state index contributed by atoms with van der Waals surface area (Å²) in [6.07, 6.45) is 0.129. The van der Waals surface area contributed by atoms with E-state index in [4.69, 9.17) is 25.8 Å². The lowest BCUT2D eigenvalue weighted by molar-refractivity contribution is -0.137. The molecular weight excluding hydrogens is 569 g/mol. The summed E-state index contributed by atoms with van der Waals surface area (Å²) in [6, 6.07) is 11.2. The first-order chi connectivity index (χ1) is 19.0. The summed E-state index contributed by atoms with van der Waals surface area (Å²) >= 11 is 5.67. The third-order valence-corrected chi connectivity index (χ3v) is 8.92. The lowest BCUT2D eigenvalue weighted by atomic mass is 9.77. The molecule has 0 unspecified atom stereocenters. The number of nitrogens with one attached hydrogen (secondary N) is 2. The molecule has 5 rings (SSSR count). The summed E-state index contributed by atoms with van der Waals surface area (Å²) in [7, 11) is 0.435. The Morgan fingerprint density at radius 2 is 1.68 bits per heavy atom. The van der Waals surface area contributed by atoms with Crippen LogP contribution in [0.4, 0.5) is 24.5 Å². The van der Waals surface area contributed by atoms with Crippen molar-refractivity contribution in [2.75, 3.05) is 31.4 Å². The summed E-state index contributed by atoms with van der Waals surface area (Å²) < 4.78 is 85.0. The Hall–Kier alpha value is -3.57. The minimum atomic E-state index is -4.73. The van der Waals surface area contributed by atoms with Gasteiger partial charge in [0.1, 0.15) is 0 Å². The predicted molar refractivity (Wildman–Crippen MR) is 146 cm³/mol. The van der Waals surface area contributed by atoms with Gasteiger partial charge in [-0.05, 0) is 72.0 Å². The van der Waals surface area contributed by atoms with Crippen LogP contribution in [0.3, 0.4) is 0 Å². The molecule has 1 aliphatic heterocycles. The van der Waals surface area contributed by atoms with Gasteiger partial charge >= 0.3 is 6.18 Å². The maximum Gasteiger partial charge on any atom is 0.417 e. The second kappa shape index (κ2) is 10.4. The van der Waals surface area contributed by atoms with E-state index < -0.39 is 26.8 Å². The summed E-state index contributed by atoms with van der Waals surface area (Å²) in [6.45, 7) is 0. The van der Waals surface area contributed by atoms with Gasteiger partial charge in [-0.2, -0.15) is 13.2 Å². The molecule has 0 saturated carbocycles. The Balaban J connectivity index is 1.48. The van der Waals surface area contributed by atoms with E-state index in [-0.39, 0.29) is 28.5 Å². The maximum atomic E-state index is 13.3. The first-order valence-corrected chi connectivity index (χ1v) is 14.1. The van der Waals surface area contributed by atoms with Crippen molar-refractivity contribution >= 4 is 33.0 Å². The van der Waals surface area contributed by atoms with Crippen LogP contribution in [0.15, 0.2) is 65.6 Å². The zero-order valence-corrected chi connectivity index (χ0v) is 23.2. The van der Waals surface area contributed by atoms with Crippen LogP contribution in [0.25, 0.3) is 0 Å². The van der Waals surface area contributed by atoms with Crippen molar-refractivity contribution < 1.29 is 35.8 Å². The molecule has 3 aromatic carbocycles. The lowest BCUT2D eigenvalue weighted by Crippen LogP contribution is -2.29. The highest BCUT2D eigenvalue weighted by Gasteiger charge is 2.39. The molecule has 2 aliphatic rings. The number of methoxy groups -OCH3 is 3.